The van der Waals surface area contributed by atoms with Crippen LogP contribution in [-0.2, 0) is 6.18 Å². The number of rotatable bonds is 5. The number of aromatic nitrogens is 4. The summed E-state index contributed by atoms with van der Waals surface area (Å²) < 4.78 is 40.2. The first kappa shape index (κ1) is 20.3. The molecule has 3 rings (SSSR count). The second kappa shape index (κ2) is 7.90. The fourth-order valence-electron chi connectivity index (χ4n) is 2.61. The SMILES string of the molecule is Cc1cc(Nc2nccc(C(F)(F)F)n2)cc(-n2cnc(C(=O)NC(C)C)c2)c1. The van der Waals surface area contributed by atoms with E-state index in [1.54, 1.807) is 22.9 Å². The molecular weight excluding hydrogens is 385 g/mol. The zero-order valence-corrected chi connectivity index (χ0v) is 15.9. The second-order valence-corrected chi connectivity index (χ2v) is 6.74. The summed E-state index contributed by atoms with van der Waals surface area (Å²) in [6.07, 6.45) is -0.434. The zero-order chi connectivity index (χ0) is 21.2. The summed E-state index contributed by atoms with van der Waals surface area (Å²) in [6, 6.07) is 6.08. The van der Waals surface area contributed by atoms with Gasteiger partial charge in [0.1, 0.15) is 17.7 Å². The fraction of sp³-hybridized carbons (Fsp3) is 0.263. The third-order valence-corrected chi connectivity index (χ3v) is 3.80. The van der Waals surface area contributed by atoms with E-state index < -0.39 is 11.9 Å². The molecule has 2 N–H and O–H groups in total. The molecule has 0 atom stereocenters. The molecule has 0 spiro atoms. The molecule has 0 saturated heterocycles. The van der Waals surface area contributed by atoms with Gasteiger partial charge in [-0.25, -0.2) is 15.0 Å². The highest BCUT2D eigenvalue weighted by molar-refractivity contribution is 5.92. The molecular formula is C19H19F3N6O. The van der Waals surface area contributed by atoms with Crippen LogP contribution in [0.5, 0.6) is 0 Å². The predicted molar refractivity (Wildman–Crippen MR) is 101 cm³/mol. The van der Waals surface area contributed by atoms with Crippen LogP contribution in [0.1, 0.15) is 35.6 Å². The smallest absolute Gasteiger partial charge is 0.348 e. The fourth-order valence-corrected chi connectivity index (χ4v) is 2.61. The summed E-state index contributed by atoms with van der Waals surface area (Å²) in [6.45, 7) is 5.54. The summed E-state index contributed by atoms with van der Waals surface area (Å²) in [5.74, 6) is -0.457. The van der Waals surface area contributed by atoms with Crippen LogP contribution < -0.4 is 10.6 Å². The van der Waals surface area contributed by atoms with Crippen molar-refractivity contribution in [2.45, 2.75) is 33.0 Å². The van der Waals surface area contributed by atoms with Crippen molar-refractivity contribution >= 4 is 17.5 Å². The number of amides is 1. The highest BCUT2D eigenvalue weighted by atomic mass is 19.4. The number of hydrogen-bond acceptors (Lipinski definition) is 5. The van der Waals surface area contributed by atoms with Crippen molar-refractivity contribution < 1.29 is 18.0 Å². The number of anilines is 2. The molecule has 152 valence electrons. The third kappa shape index (κ3) is 5.09. The van der Waals surface area contributed by atoms with E-state index in [-0.39, 0.29) is 23.6 Å². The quantitative estimate of drug-likeness (QED) is 0.674. The van der Waals surface area contributed by atoms with Gasteiger partial charge in [-0.1, -0.05) is 0 Å². The molecule has 0 aliphatic rings. The van der Waals surface area contributed by atoms with Gasteiger partial charge < -0.3 is 15.2 Å². The van der Waals surface area contributed by atoms with Crippen molar-refractivity contribution in [3.05, 3.63) is 59.9 Å². The Balaban J connectivity index is 1.86. The van der Waals surface area contributed by atoms with Crippen LogP contribution in [0.25, 0.3) is 5.69 Å². The van der Waals surface area contributed by atoms with Gasteiger partial charge in [0, 0.05) is 29.8 Å². The number of hydrogen-bond donors (Lipinski definition) is 2. The van der Waals surface area contributed by atoms with E-state index >= 15 is 0 Å². The number of nitrogens with zero attached hydrogens (tertiary/aromatic N) is 4. The number of benzene rings is 1. The third-order valence-electron chi connectivity index (χ3n) is 3.80. The Morgan fingerprint density at radius 3 is 2.62 bits per heavy atom. The van der Waals surface area contributed by atoms with Crippen LogP contribution >= 0.6 is 0 Å². The van der Waals surface area contributed by atoms with Crippen LogP contribution in [0.2, 0.25) is 0 Å². The summed E-state index contributed by atoms with van der Waals surface area (Å²) in [4.78, 5) is 23.5. The molecule has 0 radical (unpaired) electrons. The van der Waals surface area contributed by atoms with E-state index in [1.807, 2.05) is 26.8 Å². The monoisotopic (exact) mass is 404 g/mol. The van der Waals surface area contributed by atoms with Gasteiger partial charge in [0.15, 0.2) is 0 Å². The van der Waals surface area contributed by atoms with Gasteiger partial charge in [0.25, 0.3) is 5.91 Å². The lowest BCUT2D eigenvalue weighted by Gasteiger charge is -2.11. The lowest BCUT2D eigenvalue weighted by atomic mass is 10.2. The molecule has 0 saturated carbocycles. The zero-order valence-electron chi connectivity index (χ0n) is 15.9. The highest BCUT2D eigenvalue weighted by Crippen LogP contribution is 2.28. The topological polar surface area (TPSA) is 84.7 Å². The van der Waals surface area contributed by atoms with Crippen molar-refractivity contribution in [2.24, 2.45) is 0 Å². The maximum absolute atomic E-state index is 12.8. The van der Waals surface area contributed by atoms with Gasteiger partial charge in [-0.15, -0.1) is 0 Å². The van der Waals surface area contributed by atoms with E-state index in [4.69, 9.17) is 0 Å². The van der Waals surface area contributed by atoms with Crippen molar-refractivity contribution in [1.82, 2.24) is 24.8 Å². The Morgan fingerprint density at radius 2 is 1.93 bits per heavy atom. The summed E-state index contributed by atoms with van der Waals surface area (Å²) in [5.41, 5.74) is 1.25. The first-order valence-electron chi connectivity index (χ1n) is 8.76. The minimum Gasteiger partial charge on any atom is -0.348 e. The first-order valence-corrected chi connectivity index (χ1v) is 8.76. The lowest BCUT2D eigenvalue weighted by Crippen LogP contribution is -2.30. The number of carbonyl (C=O) groups excluding carboxylic acids is 1. The molecule has 0 aliphatic heterocycles. The van der Waals surface area contributed by atoms with E-state index in [1.165, 1.54) is 6.33 Å². The molecule has 1 aromatic carbocycles. The average Bonchev–Trinajstić information content (AvgIpc) is 3.10. The molecule has 2 heterocycles. The van der Waals surface area contributed by atoms with Gasteiger partial charge in [-0.05, 0) is 50.6 Å². The van der Waals surface area contributed by atoms with Gasteiger partial charge in [-0.2, -0.15) is 13.2 Å². The standard InChI is InChI=1S/C19H19F3N6O/c1-11(2)25-17(29)15-9-28(10-24-15)14-7-12(3)6-13(8-14)26-18-23-5-4-16(27-18)19(20,21)22/h4-11H,1-3H3,(H,25,29)(H,23,26,27). The summed E-state index contributed by atoms with van der Waals surface area (Å²) in [5, 5.41) is 5.55. The number of halogens is 3. The number of aryl methyl sites for hydroxylation is 1. The highest BCUT2D eigenvalue weighted by Gasteiger charge is 2.32. The Morgan fingerprint density at radius 1 is 1.17 bits per heavy atom. The normalized spacial score (nSPS) is 11.6. The van der Waals surface area contributed by atoms with Gasteiger partial charge >= 0.3 is 6.18 Å². The molecule has 0 unspecified atom stereocenters. The van der Waals surface area contributed by atoms with Crippen LogP contribution in [0, 0.1) is 6.92 Å². The maximum atomic E-state index is 12.8. The molecule has 7 nitrogen and oxygen atoms in total. The molecule has 0 aliphatic carbocycles. The average molecular weight is 404 g/mol. The van der Waals surface area contributed by atoms with E-state index in [2.05, 4.69) is 25.6 Å². The van der Waals surface area contributed by atoms with Crippen molar-refractivity contribution in [3.63, 3.8) is 0 Å². The van der Waals surface area contributed by atoms with Crippen LogP contribution in [0.4, 0.5) is 24.8 Å². The Kier molecular flexibility index (Phi) is 5.53. The van der Waals surface area contributed by atoms with Crippen LogP contribution in [0.15, 0.2) is 43.0 Å². The molecule has 1 amide bonds. The predicted octanol–water partition coefficient (Wildman–Crippen LogP) is 3.87. The Labute approximate surface area is 165 Å². The van der Waals surface area contributed by atoms with Crippen LogP contribution in [0.3, 0.4) is 0 Å². The van der Waals surface area contributed by atoms with E-state index in [0.29, 0.717) is 11.4 Å². The number of imidazole rings is 1. The van der Waals surface area contributed by atoms with Crippen molar-refractivity contribution in [1.29, 1.82) is 0 Å². The summed E-state index contributed by atoms with van der Waals surface area (Å²) >= 11 is 0. The summed E-state index contributed by atoms with van der Waals surface area (Å²) in [7, 11) is 0. The van der Waals surface area contributed by atoms with Gasteiger partial charge in [-0.3, -0.25) is 4.79 Å². The maximum Gasteiger partial charge on any atom is 0.433 e. The van der Waals surface area contributed by atoms with Crippen molar-refractivity contribution in [3.8, 4) is 5.69 Å². The largest absolute Gasteiger partial charge is 0.433 e. The van der Waals surface area contributed by atoms with E-state index in [0.717, 1.165) is 17.8 Å². The lowest BCUT2D eigenvalue weighted by molar-refractivity contribution is -0.141. The van der Waals surface area contributed by atoms with Crippen LogP contribution in [-0.4, -0.2) is 31.5 Å². The van der Waals surface area contributed by atoms with E-state index in [9.17, 15) is 18.0 Å². The Hall–Kier alpha value is -3.43. The first-order chi connectivity index (χ1) is 13.6. The Bertz CT molecular complexity index is 1030. The molecule has 29 heavy (non-hydrogen) atoms. The van der Waals surface area contributed by atoms with Crippen molar-refractivity contribution in [2.75, 3.05) is 5.32 Å². The number of carbonyl (C=O) groups is 1. The molecule has 0 fully saturated rings. The number of alkyl halides is 3. The van der Waals surface area contributed by atoms with Gasteiger partial charge in [0.2, 0.25) is 5.95 Å². The molecule has 0 bridgehead atoms. The van der Waals surface area contributed by atoms with Gasteiger partial charge in [0.05, 0.1) is 0 Å². The second-order valence-electron chi connectivity index (χ2n) is 6.74. The molecule has 2 aromatic heterocycles. The minimum absolute atomic E-state index is 0.0186. The number of nitrogens with one attached hydrogen (secondary N) is 2. The molecule has 3 aromatic rings. The minimum atomic E-state index is -4.55. The molecule has 10 heteroatoms.